The molecule has 1 aliphatic carbocycles. The third-order valence-electron chi connectivity index (χ3n) is 3.42. The van der Waals surface area contributed by atoms with Gasteiger partial charge in [0.2, 0.25) is 5.95 Å². The molecule has 1 fully saturated rings. The van der Waals surface area contributed by atoms with Crippen LogP contribution in [0, 0.1) is 0 Å². The van der Waals surface area contributed by atoms with Crippen molar-refractivity contribution in [1.82, 2.24) is 19.6 Å². The molecule has 0 aromatic carbocycles. The lowest BCUT2D eigenvalue weighted by atomic mass is 9.89. The Morgan fingerprint density at radius 2 is 2.10 bits per heavy atom. The molecule has 20 heavy (non-hydrogen) atoms. The predicted octanol–water partition coefficient (Wildman–Crippen LogP) is 1.15. The Bertz CT molecular complexity index is 615. The molecule has 4 N–H and O–H groups in total. The molecule has 0 bridgehead atoms. The first-order valence-corrected chi connectivity index (χ1v) is 6.58. The molecular formula is C12H19N5O3. The van der Waals surface area contributed by atoms with Gasteiger partial charge < -0.3 is 5.73 Å². The highest BCUT2D eigenvalue weighted by atomic mass is 17.1. The number of hydrogen-bond donors (Lipinski definition) is 3. The van der Waals surface area contributed by atoms with Crippen molar-refractivity contribution in [3.8, 4) is 0 Å². The zero-order valence-corrected chi connectivity index (χ0v) is 11.4. The number of nitrogens with two attached hydrogens (primary N) is 1. The zero-order chi connectivity index (χ0) is 14.5. The molecule has 2 aromatic rings. The van der Waals surface area contributed by atoms with Crippen molar-refractivity contribution in [1.29, 1.82) is 0 Å². The van der Waals surface area contributed by atoms with E-state index in [9.17, 15) is 4.79 Å². The van der Waals surface area contributed by atoms with E-state index in [2.05, 4.69) is 20.0 Å². The van der Waals surface area contributed by atoms with Crippen LogP contribution in [0.25, 0.3) is 5.52 Å². The van der Waals surface area contributed by atoms with Gasteiger partial charge in [0.25, 0.3) is 5.56 Å². The summed E-state index contributed by atoms with van der Waals surface area (Å²) in [7, 11) is 1.18. The van der Waals surface area contributed by atoms with Crippen molar-refractivity contribution in [3.05, 3.63) is 22.4 Å². The van der Waals surface area contributed by atoms with Gasteiger partial charge in [-0.1, -0.05) is 19.3 Å². The average Bonchev–Trinajstić information content (AvgIpc) is 2.84. The average molecular weight is 281 g/mol. The second-order valence-corrected chi connectivity index (χ2v) is 4.77. The van der Waals surface area contributed by atoms with E-state index in [0.29, 0.717) is 11.4 Å². The minimum absolute atomic E-state index is 0.137. The van der Waals surface area contributed by atoms with E-state index < -0.39 is 0 Å². The van der Waals surface area contributed by atoms with Crippen LogP contribution in [0.1, 0.15) is 43.8 Å². The minimum atomic E-state index is -0.230. The number of hydrogen-bond acceptors (Lipinski definition) is 6. The van der Waals surface area contributed by atoms with Crippen LogP contribution in [0.15, 0.2) is 11.0 Å². The molecule has 0 aliphatic heterocycles. The van der Waals surface area contributed by atoms with Crippen molar-refractivity contribution in [2.24, 2.45) is 0 Å². The second-order valence-electron chi connectivity index (χ2n) is 4.77. The largest absolute Gasteiger partial charge is 0.368 e. The molecule has 0 saturated heterocycles. The van der Waals surface area contributed by atoms with Crippen LogP contribution < -0.4 is 11.3 Å². The molecule has 8 heteroatoms. The Kier molecular flexibility index (Phi) is 4.70. The van der Waals surface area contributed by atoms with Gasteiger partial charge in [0.05, 0.1) is 13.3 Å². The van der Waals surface area contributed by atoms with E-state index >= 15 is 0 Å². The van der Waals surface area contributed by atoms with Gasteiger partial charge in [-0.2, -0.15) is 0 Å². The van der Waals surface area contributed by atoms with Crippen LogP contribution in [0.5, 0.6) is 0 Å². The highest BCUT2D eigenvalue weighted by molar-refractivity contribution is 5.43. The number of imidazole rings is 1. The number of rotatable bonds is 1. The molecule has 2 aromatic heterocycles. The van der Waals surface area contributed by atoms with Gasteiger partial charge in [-0.05, 0) is 12.8 Å². The van der Waals surface area contributed by atoms with Crippen molar-refractivity contribution < 1.29 is 10.1 Å². The van der Waals surface area contributed by atoms with Crippen LogP contribution >= 0.6 is 0 Å². The molecule has 3 rings (SSSR count). The number of nitrogens with one attached hydrogen (secondary N) is 1. The molecule has 0 amide bonds. The molecule has 0 spiro atoms. The fraction of sp³-hybridized carbons (Fsp3) is 0.583. The van der Waals surface area contributed by atoms with Crippen LogP contribution in [0.4, 0.5) is 5.95 Å². The van der Waals surface area contributed by atoms with E-state index in [4.69, 9.17) is 11.0 Å². The lowest BCUT2D eigenvalue weighted by molar-refractivity contribution is -0.214. The van der Waals surface area contributed by atoms with Crippen molar-refractivity contribution in [2.75, 3.05) is 12.8 Å². The topological polar surface area (TPSA) is 119 Å². The number of fused-ring (bicyclic) bond motifs is 1. The summed E-state index contributed by atoms with van der Waals surface area (Å²) in [5, 5.41) is 11.2. The van der Waals surface area contributed by atoms with E-state index in [0.717, 1.165) is 18.7 Å². The summed E-state index contributed by atoms with van der Waals surface area (Å²) in [5.74, 6) is 1.41. The smallest absolute Gasteiger partial charge is 0.278 e. The van der Waals surface area contributed by atoms with E-state index in [-0.39, 0.29) is 11.5 Å². The molecule has 2 heterocycles. The summed E-state index contributed by atoms with van der Waals surface area (Å²) in [4.78, 5) is 21.7. The van der Waals surface area contributed by atoms with Gasteiger partial charge in [0, 0.05) is 5.92 Å². The van der Waals surface area contributed by atoms with Crippen LogP contribution in [0.3, 0.4) is 0 Å². The second kappa shape index (κ2) is 6.49. The summed E-state index contributed by atoms with van der Waals surface area (Å²) in [6.45, 7) is 0. The maximum absolute atomic E-state index is 11.7. The highest BCUT2D eigenvalue weighted by Gasteiger charge is 2.21. The number of aromatic nitrogens is 4. The third kappa shape index (κ3) is 2.97. The lowest BCUT2D eigenvalue weighted by Gasteiger charge is -2.19. The molecule has 1 saturated carbocycles. The maximum atomic E-state index is 11.7. The van der Waals surface area contributed by atoms with Crippen molar-refractivity contribution >= 4 is 11.5 Å². The number of nitrogens with zero attached hydrogens (tertiary/aromatic N) is 3. The third-order valence-corrected chi connectivity index (χ3v) is 3.42. The van der Waals surface area contributed by atoms with Crippen molar-refractivity contribution in [3.63, 3.8) is 0 Å². The fourth-order valence-corrected chi connectivity index (χ4v) is 2.57. The summed E-state index contributed by atoms with van der Waals surface area (Å²) in [6.07, 6.45) is 7.54. The van der Waals surface area contributed by atoms with Gasteiger partial charge in [0.1, 0.15) is 5.82 Å². The maximum Gasteiger partial charge on any atom is 0.278 e. The molecule has 110 valence electrons. The molecular weight excluding hydrogens is 262 g/mol. The number of anilines is 1. The van der Waals surface area contributed by atoms with E-state index in [1.54, 1.807) is 10.7 Å². The Hall–Kier alpha value is -1.93. The van der Waals surface area contributed by atoms with Gasteiger partial charge in [-0.25, -0.2) is 14.4 Å². The molecule has 0 radical (unpaired) electrons. The Morgan fingerprint density at radius 3 is 2.75 bits per heavy atom. The Balaban J connectivity index is 0.000000452. The summed E-state index contributed by atoms with van der Waals surface area (Å²) < 4.78 is 1.60. The van der Waals surface area contributed by atoms with E-state index in [1.165, 1.54) is 26.4 Å². The minimum Gasteiger partial charge on any atom is -0.368 e. The van der Waals surface area contributed by atoms with Crippen molar-refractivity contribution in [2.45, 2.75) is 38.0 Å². The molecule has 0 atom stereocenters. The Labute approximate surface area is 115 Å². The molecule has 8 nitrogen and oxygen atoms in total. The standard InChI is InChI=1S/C11H15N5O.CH4O2/c12-11-14-10(17)8-6-13-9(16(8)15-11)7-4-2-1-3-5-7;1-3-2/h6-7H,1-5H2,(H3,12,14,15,17);2H,1H3. The number of aromatic amines is 1. The number of nitrogen functional groups attached to an aromatic ring is 1. The SMILES string of the molecule is COO.Nc1nn2c(C3CCCCC3)ncc2c(=O)[nH]1. The van der Waals surface area contributed by atoms with Gasteiger partial charge in [0.15, 0.2) is 5.52 Å². The predicted molar refractivity (Wildman–Crippen MR) is 73.5 cm³/mol. The summed E-state index contributed by atoms with van der Waals surface area (Å²) in [6, 6.07) is 0. The number of H-pyrrole nitrogens is 1. The summed E-state index contributed by atoms with van der Waals surface area (Å²) >= 11 is 0. The zero-order valence-electron chi connectivity index (χ0n) is 11.4. The van der Waals surface area contributed by atoms with E-state index in [1.807, 2.05) is 0 Å². The van der Waals surface area contributed by atoms with Crippen LogP contribution in [-0.2, 0) is 4.89 Å². The van der Waals surface area contributed by atoms with Gasteiger partial charge in [-0.15, -0.1) is 5.10 Å². The first-order chi connectivity index (χ1) is 9.67. The first kappa shape index (κ1) is 14.5. The summed E-state index contributed by atoms with van der Waals surface area (Å²) in [5.41, 5.74) is 5.81. The highest BCUT2D eigenvalue weighted by Crippen LogP contribution is 2.31. The lowest BCUT2D eigenvalue weighted by Crippen LogP contribution is -2.17. The Morgan fingerprint density at radius 1 is 1.45 bits per heavy atom. The molecule has 0 unspecified atom stereocenters. The molecule has 1 aliphatic rings. The van der Waals surface area contributed by atoms with Crippen LogP contribution in [-0.4, -0.2) is 31.9 Å². The van der Waals surface area contributed by atoms with Gasteiger partial charge in [-0.3, -0.25) is 15.0 Å². The van der Waals surface area contributed by atoms with Crippen LogP contribution in [0.2, 0.25) is 0 Å². The quantitative estimate of drug-likeness (QED) is 0.533. The fourth-order valence-electron chi connectivity index (χ4n) is 2.57. The first-order valence-electron chi connectivity index (χ1n) is 6.58. The normalized spacial score (nSPS) is 15.9. The monoisotopic (exact) mass is 281 g/mol. The van der Waals surface area contributed by atoms with Gasteiger partial charge >= 0.3 is 0 Å².